The molecular formula is C9H7N3O2S. The molecule has 1 aromatic rings. The molecule has 0 fully saturated rings. The van der Waals surface area contributed by atoms with Crippen molar-refractivity contribution in [2.45, 2.75) is 11.3 Å². The molecule has 6 heteroatoms. The summed E-state index contributed by atoms with van der Waals surface area (Å²) in [5.41, 5.74) is 0.470. The standard InChI is InChI=1S/C9H7N3O2S/c10-6-5-9-11-7-3-1-2-4-8(7)15(13,14)12-9/h1-4H,5H2,(H,11,12). The lowest BCUT2D eigenvalue weighted by molar-refractivity contribution is 0.597. The molecule has 0 spiro atoms. The number of benzene rings is 1. The van der Waals surface area contributed by atoms with Crippen molar-refractivity contribution in [1.29, 1.82) is 5.26 Å². The smallest absolute Gasteiger partial charge is 0.286 e. The Morgan fingerprint density at radius 2 is 2.13 bits per heavy atom. The zero-order valence-corrected chi connectivity index (χ0v) is 8.45. The Kier molecular flexibility index (Phi) is 2.17. The van der Waals surface area contributed by atoms with Gasteiger partial charge in [0.2, 0.25) is 0 Å². The van der Waals surface area contributed by atoms with Crippen LogP contribution in [0.2, 0.25) is 0 Å². The monoisotopic (exact) mass is 221 g/mol. The summed E-state index contributed by atoms with van der Waals surface area (Å²) in [5.74, 6) is 0.163. The number of sulfonamides is 1. The maximum atomic E-state index is 11.6. The van der Waals surface area contributed by atoms with Crippen molar-refractivity contribution >= 4 is 21.5 Å². The second kappa shape index (κ2) is 3.37. The van der Waals surface area contributed by atoms with Gasteiger partial charge in [-0.25, -0.2) is 0 Å². The lowest BCUT2D eigenvalue weighted by atomic mass is 10.3. The molecule has 15 heavy (non-hydrogen) atoms. The van der Waals surface area contributed by atoms with Gasteiger partial charge in [0.1, 0.15) is 10.7 Å². The second-order valence-electron chi connectivity index (χ2n) is 2.97. The summed E-state index contributed by atoms with van der Waals surface area (Å²) in [6.45, 7) is 0. The predicted octanol–water partition coefficient (Wildman–Crippen LogP) is 1.11. The highest BCUT2D eigenvalue weighted by atomic mass is 32.2. The summed E-state index contributed by atoms with van der Waals surface area (Å²) in [5, 5.41) is 11.3. The Bertz CT molecular complexity index is 569. The molecule has 0 bridgehead atoms. The van der Waals surface area contributed by atoms with Crippen LogP contribution in [0, 0.1) is 11.3 Å². The number of anilines is 1. The second-order valence-corrected chi connectivity index (χ2v) is 4.54. The van der Waals surface area contributed by atoms with Crippen molar-refractivity contribution in [1.82, 2.24) is 0 Å². The first-order chi connectivity index (χ1) is 7.13. The summed E-state index contributed by atoms with van der Waals surface area (Å²) < 4.78 is 26.7. The minimum atomic E-state index is -3.64. The van der Waals surface area contributed by atoms with E-state index in [1.54, 1.807) is 18.2 Å². The first kappa shape index (κ1) is 9.68. The zero-order valence-electron chi connectivity index (χ0n) is 7.64. The van der Waals surface area contributed by atoms with Gasteiger partial charge in [-0.2, -0.15) is 13.7 Å². The van der Waals surface area contributed by atoms with E-state index in [9.17, 15) is 8.42 Å². The van der Waals surface area contributed by atoms with Crippen molar-refractivity contribution in [2.24, 2.45) is 4.40 Å². The number of hydrogen-bond acceptors (Lipinski definition) is 4. The summed E-state index contributed by atoms with van der Waals surface area (Å²) >= 11 is 0. The zero-order chi connectivity index (χ0) is 10.9. The Hall–Kier alpha value is -1.87. The first-order valence-corrected chi connectivity index (χ1v) is 5.64. The fraction of sp³-hybridized carbons (Fsp3) is 0.111. The molecular weight excluding hydrogens is 214 g/mol. The molecule has 1 heterocycles. The van der Waals surface area contributed by atoms with E-state index in [1.807, 2.05) is 6.07 Å². The Labute approximate surface area is 87.1 Å². The lowest BCUT2D eigenvalue weighted by Gasteiger charge is -2.15. The van der Waals surface area contributed by atoms with Crippen LogP contribution < -0.4 is 5.32 Å². The normalized spacial score (nSPS) is 16.9. The molecule has 0 saturated heterocycles. The molecule has 1 aliphatic rings. The molecule has 0 aromatic heterocycles. The van der Waals surface area contributed by atoms with Crippen molar-refractivity contribution in [3.05, 3.63) is 24.3 Å². The van der Waals surface area contributed by atoms with Crippen LogP contribution in [-0.2, 0) is 10.0 Å². The highest BCUT2D eigenvalue weighted by Gasteiger charge is 2.23. The molecule has 1 aromatic carbocycles. The molecule has 1 aliphatic heterocycles. The molecule has 0 saturated carbocycles. The van der Waals surface area contributed by atoms with E-state index in [0.717, 1.165) is 0 Å². The summed E-state index contributed by atoms with van der Waals surface area (Å²) in [6.07, 6.45) is -0.0481. The van der Waals surface area contributed by atoms with Crippen molar-refractivity contribution < 1.29 is 8.42 Å². The Morgan fingerprint density at radius 3 is 2.87 bits per heavy atom. The van der Waals surface area contributed by atoms with Gasteiger partial charge >= 0.3 is 0 Å². The van der Waals surface area contributed by atoms with Gasteiger partial charge in [0, 0.05) is 0 Å². The van der Waals surface area contributed by atoms with E-state index in [4.69, 9.17) is 5.26 Å². The first-order valence-electron chi connectivity index (χ1n) is 4.20. The van der Waals surface area contributed by atoms with Gasteiger partial charge in [-0.05, 0) is 12.1 Å². The summed E-state index contributed by atoms with van der Waals surface area (Å²) in [7, 11) is -3.64. The van der Waals surface area contributed by atoms with Gasteiger partial charge in [-0.3, -0.25) is 0 Å². The van der Waals surface area contributed by atoms with Crippen LogP contribution in [0.25, 0.3) is 0 Å². The van der Waals surface area contributed by atoms with E-state index < -0.39 is 10.0 Å². The van der Waals surface area contributed by atoms with Gasteiger partial charge in [-0.1, -0.05) is 12.1 Å². The molecule has 76 valence electrons. The maximum absolute atomic E-state index is 11.6. The van der Waals surface area contributed by atoms with Gasteiger partial charge in [0.15, 0.2) is 0 Å². The van der Waals surface area contributed by atoms with Gasteiger partial charge in [0.25, 0.3) is 10.0 Å². The van der Waals surface area contributed by atoms with Crippen LogP contribution in [0.1, 0.15) is 6.42 Å². The van der Waals surface area contributed by atoms with Gasteiger partial charge in [-0.15, -0.1) is 4.40 Å². The number of nitrogens with one attached hydrogen (secondary N) is 1. The Morgan fingerprint density at radius 1 is 1.40 bits per heavy atom. The molecule has 0 radical (unpaired) electrons. The number of rotatable bonds is 1. The largest absolute Gasteiger partial charge is 0.341 e. The fourth-order valence-corrected chi connectivity index (χ4v) is 2.46. The molecule has 2 rings (SSSR count). The number of fused-ring (bicyclic) bond motifs is 1. The van der Waals surface area contributed by atoms with Crippen LogP contribution in [0.5, 0.6) is 0 Å². The van der Waals surface area contributed by atoms with Crippen LogP contribution in [0.4, 0.5) is 5.69 Å². The van der Waals surface area contributed by atoms with Crippen LogP contribution in [0.15, 0.2) is 33.6 Å². The topological polar surface area (TPSA) is 82.3 Å². The maximum Gasteiger partial charge on any atom is 0.286 e. The van der Waals surface area contributed by atoms with Crippen LogP contribution in [0.3, 0.4) is 0 Å². The van der Waals surface area contributed by atoms with E-state index in [2.05, 4.69) is 9.71 Å². The highest BCUT2D eigenvalue weighted by Crippen LogP contribution is 2.26. The number of amidine groups is 1. The molecule has 0 amide bonds. The lowest BCUT2D eigenvalue weighted by Crippen LogP contribution is -2.20. The van der Waals surface area contributed by atoms with Crippen LogP contribution in [-0.4, -0.2) is 14.3 Å². The van der Waals surface area contributed by atoms with E-state index in [-0.39, 0.29) is 17.2 Å². The minimum absolute atomic E-state index is 0.0481. The van der Waals surface area contributed by atoms with Crippen molar-refractivity contribution in [3.63, 3.8) is 0 Å². The number of nitrogens with zero attached hydrogens (tertiary/aromatic N) is 2. The SMILES string of the molecule is N#CCC1=NS(=O)(=O)c2ccccc2N1. The molecule has 5 nitrogen and oxygen atoms in total. The fourth-order valence-electron chi connectivity index (χ4n) is 1.32. The highest BCUT2D eigenvalue weighted by molar-refractivity contribution is 7.90. The molecule has 0 atom stereocenters. The van der Waals surface area contributed by atoms with E-state index in [0.29, 0.717) is 5.69 Å². The number of nitriles is 1. The van der Waals surface area contributed by atoms with Gasteiger partial charge in [0.05, 0.1) is 18.2 Å². The molecule has 0 unspecified atom stereocenters. The average molecular weight is 221 g/mol. The van der Waals surface area contributed by atoms with Gasteiger partial charge < -0.3 is 5.32 Å². The van der Waals surface area contributed by atoms with E-state index in [1.165, 1.54) is 6.07 Å². The molecule has 0 aliphatic carbocycles. The third kappa shape index (κ3) is 1.69. The minimum Gasteiger partial charge on any atom is -0.341 e. The predicted molar refractivity (Wildman–Crippen MR) is 54.9 cm³/mol. The quantitative estimate of drug-likeness (QED) is 0.770. The summed E-state index contributed by atoms with van der Waals surface area (Å²) in [4.78, 5) is 0.145. The average Bonchev–Trinajstić information content (AvgIpc) is 2.17. The van der Waals surface area contributed by atoms with Crippen LogP contribution >= 0.6 is 0 Å². The Balaban J connectivity index is 2.56. The molecule has 1 N–H and O–H groups in total. The number of hydrogen-bond donors (Lipinski definition) is 1. The van der Waals surface area contributed by atoms with E-state index >= 15 is 0 Å². The summed E-state index contributed by atoms with van der Waals surface area (Å²) in [6, 6.07) is 8.31. The third-order valence-corrected chi connectivity index (χ3v) is 3.29. The number of para-hydroxylation sites is 1. The van der Waals surface area contributed by atoms with Crippen molar-refractivity contribution in [3.8, 4) is 6.07 Å². The van der Waals surface area contributed by atoms with Crippen molar-refractivity contribution in [2.75, 3.05) is 5.32 Å². The third-order valence-electron chi connectivity index (χ3n) is 1.92.